The highest BCUT2D eigenvalue weighted by atomic mass is 35.5. The van der Waals surface area contributed by atoms with Gasteiger partial charge in [0.05, 0.1) is 29.3 Å². The van der Waals surface area contributed by atoms with Gasteiger partial charge in [0.15, 0.2) is 18.1 Å². The molecular formula is C28H27ClN8O6S. The number of hydrogen-bond donors (Lipinski definition) is 3. The van der Waals surface area contributed by atoms with Crippen LogP contribution >= 0.6 is 22.9 Å². The van der Waals surface area contributed by atoms with Gasteiger partial charge in [-0.2, -0.15) is 5.10 Å². The van der Waals surface area contributed by atoms with Crippen molar-refractivity contribution in [3.8, 4) is 11.3 Å². The topological polar surface area (TPSA) is 201 Å². The van der Waals surface area contributed by atoms with Crippen molar-refractivity contribution in [1.29, 1.82) is 0 Å². The number of thiophene rings is 1. The number of aryl methyl sites for hydroxylation is 2. The molecule has 228 valence electrons. The van der Waals surface area contributed by atoms with E-state index >= 15 is 0 Å². The molecule has 4 aromatic rings. The van der Waals surface area contributed by atoms with Gasteiger partial charge >= 0.3 is 11.8 Å². The molecule has 14 nitrogen and oxygen atoms in total. The fourth-order valence-electron chi connectivity index (χ4n) is 4.59. The summed E-state index contributed by atoms with van der Waals surface area (Å²) in [6.45, 7) is 7.06. The number of carbonyl (C=O) groups excluding carboxylic acids is 1. The Balaban J connectivity index is 1.36. The van der Waals surface area contributed by atoms with Gasteiger partial charge in [0.1, 0.15) is 22.9 Å². The predicted octanol–water partition coefficient (Wildman–Crippen LogP) is 3.56. The Bertz CT molecular complexity index is 1940. The van der Waals surface area contributed by atoms with E-state index in [1.165, 1.54) is 23.7 Å². The molecule has 0 spiro atoms. The van der Waals surface area contributed by atoms with Crippen molar-refractivity contribution < 1.29 is 18.4 Å². The maximum atomic E-state index is 13.4. The molecule has 16 heteroatoms. The minimum atomic E-state index is -0.858. The lowest BCUT2D eigenvalue weighted by atomic mass is 10.1. The Hall–Kier alpha value is -4.99. The first-order valence-electron chi connectivity index (χ1n) is 13.1. The van der Waals surface area contributed by atoms with E-state index in [2.05, 4.69) is 21.6 Å². The van der Waals surface area contributed by atoms with Gasteiger partial charge in [-0.15, -0.1) is 11.3 Å². The molecule has 5 heterocycles. The number of rotatable bonds is 10. The van der Waals surface area contributed by atoms with Crippen LogP contribution in [0.15, 0.2) is 76.7 Å². The molecule has 5 N–H and O–H groups in total. The lowest BCUT2D eigenvalue weighted by Crippen LogP contribution is -2.30. The number of fused-ring (bicyclic) bond motifs is 1. The van der Waals surface area contributed by atoms with Gasteiger partial charge in [0.2, 0.25) is 0 Å². The van der Waals surface area contributed by atoms with Crippen molar-refractivity contribution in [1.82, 2.24) is 24.5 Å². The van der Waals surface area contributed by atoms with Crippen LogP contribution in [0.5, 0.6) is 0 Å². The zero-order valence-corrected chi connectivity index (χ0v) is 25.1. The molecule has 0 radical (unpaired) electrons. The summed E-state index contributed by atoms with van der Waals surface area (Å²) in [7, 11) is 0. The van der Waals surface area contributed by atoms with E-state index in [1.807, 2.05) is 0 Å². The molecule has 0 saturated heterocycles. The number of hydrogen-bond acceptors (Lipinski definition) is 12. The molecule has 0 amide bonds. The van der Waals surface area contributed by atoms with Crippen LogP contribution in [0.3, 0.4) is 0 Å². The lowest BCUT2D eigenvalue weighted by molar-refractivity contribution is 0.0448. The number of hydrazine groups is 1. The maximum Gasteiger partial charge on any atom is 0.519 e. The van der Waals surface area contributed by atoms with Crippen molar-refractivity contribution >= 4 is 40.8 Å². The first-order valence-corrected chi connectivity index (χ1v) is 14.4. The molecule has 1 atom stereocenters. The van der Waals surface area contributed by atoms with Crippen molar-refractivity contribution in [3.63, 3.8) is 0 Å². The zero-order valence-electron chi connectivity index (χ0n) is 23.6. The quantitative estimate of drug-likeness (QED) is 0.0572. The zero-order chi connectivity index (χ0) is 31.5. The van der Waals surface area contributed by atoms with Gasteiger partial charge in [0.25, 0.3) is 5.56 Å². The number of nitrogens with zero attached hydrogens (tertiary/aromatic N) is 5. The van der Waals surface area contributed by atoms with Gasteiger partial charge in [-0.1, -0.05) is 24.3 Å². The largest absolute Gasteiger partial charge is 0.519 e. The van der Waals surface area contributed by atoms with Gasteiger partial charge in [-0.3, -0.25) is 14.4 Å². The number of imidazole rings is 1. The van der Waals surface area contributed by atoms with Crippen LogP contribution in [-0.4, -0.2) is 36.8 Å². The van der Waals surface area contributed by atoms with E-state index in [9.17, 15) is 14.4 Å². The Morgan fingerprint density at radius 2 is 2.18 bits per heavy atom. The van der Waals surface area contributed by atoms with Crippen LogP contribution in [0.1, 0.15) is 57.9 Å². The lowest BCUT2D eigenvalue weighted by Gasteiger charge is -2.19. The number of hydrazone groups is 1. The highest BCUT2D eigenvalue weighted by Crippen LogP contribution is 2.32. The Labute approximate surface area is 258 Å². The normalized spacial score (nSPS) is 15.1. The number of aromatic nitrogens is 4. The summed E-state index contributed by atoms with van der Waals surface area (Å²) in [6, 6.07) is 2.68. The standard InChI is InChI=1S/C28H27ClN8O6S/c1-4-17(29)8-18(14(2)36(31)13-33-30)19-9-25(38)37-21(5-6-24(37)34-19)26-32-10-20(35-26)16-7-23(44-12-16)27(39)41-11-22-15(3)42-28(40)43-22/h4,7-10,12-13,21H,2,5-6,11,30-31H2,1,3H3,(H,32,35)/b17-4+,18-8+,33-13-. The van der Waals surface area contributed by atoms with Gasteiger partial charge in [0, 0.05) is 34.0 Å². The SMILES string of the molecule is C=C(/C(=C\C(Cl)=C/C)c1cc(=O)n2c(n1)CCC2c1ncc(-c2csc(C(=O)OCc3oc(=O)oc3C)c2)[nH]1)N(N)/C=N\N. The van der Waals surface area contributed by atoms with Crippen LogP contribution < -0.4 is 23.1 Å². The minimum Gasteiger partial charge on any atom is -0.453 e. The molecule has 0 saturated carbocycles. The van der Waals surface area contributed by atoms with Crippen molar-refractivity contribution in [2.24, 2.45) is 16.8 Å². The molecular weight excluding hydrogens is 612 g/mol. The van der Waals surface area contributed by atoms with E-state index in [0.29, 0.717) is 56.9 Å². The Kier molecular flexibility index (Phi) is 8.80. The monoisotopic (exact) mass is 638 g/mol. The first kappa shape index (κ1) is 30.5. The van der Waals surface area contributed by atoms with E-state index in [4.69, 9.17) is 41.8 Å². The average molecular weight is 639 g/mol. The second-order valence-electron chi connectivity index (χ2n) is 9.56. The van der Waals surface area contributed by atoms with Crippen LogP contribution in [0.4, 0.5) is 0 Å². The summed E-state index contributed by atoms with van der Waals surface area (Å²) in [5.74, 6) is 11.3. The summed E-state index contributed by atoms with van der Waals surface area (Å²) in [5, 5.41) is 6.71. The van der Waals surface area contributed by atoms with E-state index in [1.54, 1.807) is 48.2 Å². The number of allylic oxidation sites excluding steroid dienone is 4. The van der Waals surface area contributed by atoms with Crippen LogP contribution in [-0.2, 0) is 17.8 Å². The molecule has 1 aliphatic rings. The third kappa shape index (κ3) is 6.20. The third-order valence-electron chi connectivity index (χ3n) is 6.82. The summed E-state index contributed by atoms with van der Waals surface area (Å²) in [5.41, 5.74) is 2.13. The van der Waals surface area contributed by atoms with Gasteiger partial charge < -0.3 is 24.4 Å². The molecule has 0 fully saturated rings. The molecule has 1 unspecified atom stereocenters. The highest BCUT2D eigenvalue weighted by molar-refractivity contribution is 7.12. The van der Waals surface area contributed by atoms with E-state index in [0.717, 1.165) is 5.01 Å². The third-order valence-corrected chi connectivity index (χ3v) is 8.06. The molecule has 0 bridgehead atoms. The van der Waals surface area contributed by atoms with Crippen molar-refractivity contribution in [2.75, 3.05) is 0 Å². The first-order chi connectivity index (χ1) is 21.1. The van der Waals surface area contributed by atoms with Crippen molar-refractivity contribution in [3.05, 3.63) is 108 Å². The number of nitrogens with two attached hydrogens (primary N) is 2. The van der Waals surface area contributed by atoms with Crippen LogP contribution in [0, 0.1) is 6.92 Å². The summed E-state index contributed by atoms with van der Waals surface area (Å²) in [6.07, 6.45) is 7.20. The number of carbonyl (C=O) groups is 1. The second-order valence-corrected chi connectivity index (χ2v) is 10.9. The number of H-pyrrole nitrogens is 1. The summed E-state index contributed by atoms with van der Waals surface area (Å²) < 4.78 is 16.5. The van der Waals surface area contributed by atoms with Crippen LogP contribution in [0.25, 0.3) is 16.8 Å². The highest BCUT2D eigenvalue weighted by Gasteiger charge is 2.29. The number of esters is 1. The molecule has 44 heavy (non-hydrogen) atoms. The average Bonchev–Trinajstić information content (AvgIpc) is 3.80. The Morgan fingerprint density at radius 1 is 1.39 bits per heavy atom. The molecule has 0 aromatic carbocycles. The fraction of sp³-hybridized carbons (Fsp3) is 0.214. The molecule has 1 aliphatic heterocycles. The number of ether oxygens (including phenoxy) is 1. The number of halogens is 1. The molecule has 5 rings (SSSR count). The smallest absolute Gasteiger partial charge is 0.453 e. The summed E-state index contributed by atoms with van der Waals surface area (Å²) in [4.78, 5) is 50.1. The van der Waals surface area contributed by atoms with E-state index < -0.39 is 11.8 Å². The predicted molar refractivity (Wildman–Crippen MR) is 163 cm³/mol. The summed E-state index contributed by atoms with van der Waals surface area (Å²) >= 11 is 7.47. The second kappa shape index (κ2) is 12.7. The molecule has 4 aromatic heterocycles. The molecule has 0 aliphatic carbocycles. The maximum absolute atomic E-state index is 13.4. The van der Waals surface area contributed by atoms with Crippen molar-refractivity contribution in [2.45, 2.75) is 39.3 Å². The minimum absolute atomic E-state index is 0.146. The van der Waals surface area contributed by atoms with Gasteiger partial charge in [-0.05, 0) is 32.4 Å². The number of aromatic amines is 1. The number of nitrogens with one attached hydrogen (secondary N) is 1. The van der Waals surface area contributed by atoms with Gasteiger partial charge in [-0.25, -0.2) is 25.4 Å². The Morgan fingerprint density at radius 3 is 2.89 bits per heavy atom. The fourth-order valence-corrected chi connectivity index (χ4v) is 5.50. The van der Waals surface area contributed by atoms with Crippen LogP contribution in [0.2, 0.25) is 0 Å². The van der Waals surface area contributed by atoms with E-state index in [-0.39, 0.29) is 35.4 Å².